The van der Waals surface area contributed by atoms with Crippen LogP contribution >= 0.6 is 0 Å². The van der Waals surface area contributed by atoms with Gasteiger partial charge in [0, 0.05) is 19.3 Å². The molecule has 0 N–H and O–H groups in total. The molecule has 0 bridgehead atoms. The fourth-order valence-electron chi connectivity index (χ4n) is 2.24. The van der Waals surface area contributed by atoms with E-state index in [1.807, 2.05) is 13.8 Å². The average molecular weight is 272 g/mol. The molecule has 0 spiro atoms. The lowest BCUT2D eigenvalue weighted by molar-refractivity contribution is -0.271. The highest BCUT2D eigenvalue weighted by molar-refractivity contribution is 5.66. The normalized spacial score (nSPS) is 34.8. The number of ether oxygens (including phenoxy) is 3. The summed E-state index contributed by atoms with van der Waals surface area (Å²) in [5, 5.41) is 0. The third-order valence-electron chi connectivity index (χ3n) is 3.76. The summed E-state index contributed by atoms with van der Waals surface area (Å²) in [7, 11) is 0. The van der Waals surface area contributed by atoms with Crippen molar-refractivity contribution in [2.75, 3.05) is 6.61 Å². The summed E-state index contributed by atoms with van der Waals surface area (Å²) >= 11 is 0. The topological polar surface area (TPSA) is 61.8 Å². The van der Waals surface area contributed by atoms with E-state index in [1.54, 1.807) is 0 Å². The molecule has 1 aliphatic rings. The first-order valence-corrected chi connectivity index (χ1v) is 6.85. The largest absolute Gasteiger partial charge is 0.457 e. The second-order valence-electron chi connectivity index (χ2n) is 5.18. The van der Waals surface area contributed by atoms with E-state index < -0.39 is 6.29 Å². The Morgan fingerprint density at radius 3 is 2.53 bits per heavy atom. The van der Waals surface area contributed by atoms with Crippen LogP contribution in [0.25, 0.3) is 0 Å². The van der Waals surface area contributed by atoms with E-state index in [0.717, 1.165) is 6.29 Å². The maximum Gasteiger partial charge on any atom is 0.303 e. The number of hydrogen-bond acceptors (Lipinski definition) is 5. The molecule has 1 rings (SSSR count). The molecular weight excluding hydrogens is 248 g/mol. The molecular formula is C14H24O5. The monoisotopic (exact) mass is 272 g/mol. The molecule has 1 aliphatic heterocycles. The fourth-order valence-corrected chi connectivity index (χ4v) is 2.24. The van der Waals surface area contributed by atoms with E-state index in [1.165, 1.54) is 6.92 Å². The van der Waals surface area contributed by atoms with Gasteiger partial charge in [-0.05, 0) is 19.3 Å². The standard InChI is InChI=1S/C14H24O5/c1-9-10(2)13(19-12(4)16)14(18-11(9)3)17-8-6-5-7-15/h7,9-11,13-14H,5-6,8H2,1-4H3/t9-,10+,11?,13?,14-/m1/s1. The lowest BCUT2D eigenvalue weighted by Gasteiger charge is -2.42. The maximum absolute atomic E-state index is 11.2. The van der Waals surface area contributed by atoms with Crippen molar-refractivity contribution in [1.82, 2.24) is 0 Å². The molecule has 0 aromatic heterocycles. The number of carbonyl (C=O) groups is 2. The van der Waals surface area contributed by atoms with Crippen molar-refractivity contribution in [3.05, 3.63) is 0 Å². The van der Waals surface area contributed by atoms with Gasteiger partial charge >= 0.3 is 5.97 Å². The molecule has 0 saturated carbocycles. The summed E-state index contributed by atoms with van der Waals surface area (Å²) < 4.78 is 16.7. The Kier molecular flexibility index (Phi) is 6.45. The predicted molar refractivity (Wildman–Crippen MR) is 69.5 cm³/mol. The molecule has 1 fully saturated rings. The van der Waals surface area contributed by atoms with Crippen LogP contribution in [0.1, 0.15) is 40.5 Å². The van der Waals surface area contributed by atoms with Crippen LogP contribution in [0.15, 0.2) is 0 Å². The maximum atomic E-state index is 11.2. The van der Waals surface area contributed by atoms with Gasteiger partial charge in [0.1, 0.15) is 6.29 Å². The van der Waals surface area contributed by atoms with E-state index in [2.05, 4.69) is 6.92 Å². The summed E-state index contributed by atoms with van der Waals surface area (Å²) in [5.41, 5.74) is 0. The molecule has 0 amide bonds. The van der Waals surface area contributed by atoms with Crippen LogP contribution in [0.5, 0.6) is 0 Å². The van der Waals surface area contributed by atoms with Gasteiger partial charge in [-0.3, -0.25) is 4.79 Å². The predicted octanol–water partition coefficient (Wildman–Crippen LogP) is 1.93. The van der Waals surface area contributed by atoms with Crippen LogP contribution in [0.3, 0.4) is 0 Å². The fraction of sp³-hybridized carbons (Fsp3) is 0.857. The smallest absolute Gasteiger partial charge is 0.303 e. The Hall–Kier alpha value is -0.940. The molecule has 0 aromatic carbocycles. The molecule has 110 valence electrons. The average Bonchev–Trinajstić information content (AvgIpc) is 2.36. The number of esters is 1. The number of unbranched alkanes of at least 4 members (excludes halogenated alkanes) is 1. The van der Waals surface area contributed by atoms with Crippen molar-refractivity contribution >= 4 is 12.3 Å². The molecule has 0 radical (unpaired) electrons. The Morgan fingerprint density at radius 2 is 1.95 bits per heavy atom. The summed E-state index contributed by atoms with van der Waals surface area (Å²) in [5.74, 6) is 0.131. The molecule has 1 heterocycles. The minimum Gasteiger partial charge on any atom is -0.457 e. The van der Waals surface area contributed by atoms with Crippen LogP contribution in [-0.4, -0.2) is 37.4 Å². The van der Waals surface area contributed by atoms with Crippen molar-refractivity contribution in [3.8, 4) is 0 Å². The first-order valence-electron chi connectivity index (χ1n) is 6.85. The van der Waals surface area contributed by atoms with Gasteiger partial charge in [-0.15, -0.1) is 0 Å². The summed E-state index contributed by atoms with van der Waals surface area (Å²) in [6.07, 6.45) is 1.10. The van der Waals surface area contributed by atoms with Gasteiger partial charge in [-0.2, -0.15) is 0 Å². The lowest BCUT2D eigenvalue weighted by atomic mass is 9.84. The molecule has 1 saturated heterocycles. The third kappa shape index (κ3) is 4.58. The van der Waals surface area contributed by atoms with E-state index in [0.29, 0.717) is 25.4 Å². The van der Waals surface area contributed by atoms with Gasteiger partial charge in [0.2, 0.25) is 0 Å². The molecule has 19 heavy (non-hydrogen) atoms. The van der Waals surface area contributed by atoms with Crippen LogP contribution in [0.4, 0.5) is 0 Å². The van der Waals surface area contributed by atoms with Crippen LogP contribution in [-0.2, 0) is 23.8 Å². The van der Waals surface area contributed by atoms with Crippen molar-refractivity contribution in [1.29, 1.82) is 0 Å². The zero-order valence-corrected chi connectivity index (χ0v) is 12.1. The zero-order chi connectivity index (χ0) is 14.4. The summed E-state index contributed by atoms with van der Waals surface area (Å²) in [6, 6.07) is 0. The molecule has 5 atom stereocenters. The number of hydrogen-bond donors (Lipinski definition) is 0. The molecule has 5 nitrogen and oxygen atoms in total. The number of carbonyl (C=O) groups excluding carboxylic acids is 2. The van der Waals surface area contributed by atoms with Gasteiger partial charge in [-0.1, -0.05) is 13.8 Å². The second-order valence-corrected chi connectivity index (χ2v) is 5.18. The third-order valence-corrected chi connectivity index (χ3v) is 3.76. The molecule has 0 aromatic rings. The minimum absolute atomic E-state index is 0.0536. The van der Waals surface area contributed by atoms with E-state index in [4.69, 9.17) is 14.2 Å². The van der Waals surface area contributed by atoms with Gasteiger partial charge in [0.15, 0.2) is 12.4 Å². The highest BCUT2D eigenvalue weighted by Gasteiger charge is 2.42. The molecule has 5 heteroatoms. The SMILES string of the molecule is CC(=O)OC1[C@H](OCCCC=O)OC(C)[C@H](C)[C@@H]1C. The lowest BCUT2D eigenvalue weighted by Crippen LogP contribution is -2.51. The van der Waals surface area contributed by atoms with E-state index >= 15 is 0 Å². The molecule has 2 unspecified atom stereocenters. The highest BCUT2D eigenvalue weighted by atomic mass is 16.7. The van der Waals surface area contributed by atoms with Gasteiger partial charge in [0.05, 0.1) is 12.7 Å². The van der Waals surface area contributed by atoms with Crippen molar-refractivity contribution in [2.24, 2.45) is 11.8 Å². The van der Waals surface area contributed by atoms with Gasteiger partial charge < -0.3 is 19.0 Å². The number of aldehydes is 1. The van der Waals surface area contributed by atoms with Crippen molar-refractivity contribution in [2.45, 2.75) is 59.0 Å². The van der Waals surface area contributed by atoms with E-state index in [-0.39, 0.29) is 24.1 Å². The molecule has 0 aliphatic carbocycles. The summed E-state index contributed by atoms with van der Waals surface area (Å²) in [4.78, 5) is 21.4. The first kappa shape index (κ1) is 16.1. The van der Waals surface area contributed by atoms with Gasteiger partial charge in [0.25, 0.3) is 0 Å². The Morgan fingerprint density at radius 1 is 1.26 bits per heavy atom. The van der Waals surface area contributed by atoms with Gasteiger partial charge in [-0.25, -0.2) is 0 Å². The Bertz CT molecular complexity index is 304. The van der Waals surface area contributed by atoms with Crippen molar-refractivity contribution in [3.63, 3.8) is 0 Å². The van der Waals surface area contributed by atoms with Crippen LogP contribution in [0, 0.1) is 11.8 Å². The second kappa shape index (κ2) is 7.60. The first-order chi connectivity index (χ1) is 8.97. The summed E-state index contributed by atoms with van der Waals surface area (Å²) in [6.45, 7) is 7.92. The minimum atomic E-state index is -0.545. The Balaban J connectivity index is 2.61. The quantitative estimate of drug-likeness (QED) is 0.420. The zero-order valence-electron chi connectivity index (χ0n) is 12.1. The highest BCUT2D eigenvalue weighted by Crippen LogP contribution is 2.33. The van der Waals surface area contributed by atoms with E-state index in [9.17, 15) is 9.59 Å². The van der Waals surface area contributed by atoms with Crippen LogP contribution in [0.2, 0.25) is 0 Å². The van der Waals surface area contributed by atoms with Crippen molar-refractivity contribution < 1.29 is 23.8 Å². The number of rotatable bonds is 6. The Labute approximate surface area is 114 Å². The van der Waals surface area contributed by atoms with Crippen LogP contribution < -0.4 is 0 Å².